The molecular formula is C13H25NO2. The van der Waals surface area contributed by atoms with Crippen molar-refractivity contribution in [2.75, 3.05) is 6.54 Å². The number of aliphatic carboxylic acids is 1. The highest BCUT2D eigenvalue weighted by Crippen LogP contribution is 2.08. The third-order valence-corrected chi connectivity index (χ3v) is 2.63. The molecule has 0 amide bonds. The summed E-state index contributed by atoms with van der Waals surface area (Å²) in [4.78, 5) is 10.5. The molecule has 0 fully saturated rings. The van der Waals surface area contributed by atoms with Gasteiger partial charge in [0.2, 0.25) is 0 Å². The molecule has 0 saturated carbocycles. The van der Waals surface area contributed by atoms with E-state index in [1.807, 2.05) is 0 Å². The molecule has 0 spiro atoms. The number of rotatable bonds is 8. The first-order valence-corrected chi connectivity index (χ1v) is 6.07. The Bertz CT molecular complexity index is 234. The lowest BCUT2D eigenvalue weighted by Crippen LogP contribution is -2.26. The van der Waals surface area contributed by atoms with Crippen LogP contribution in [0.1, 0.15) is 47.0 Å². The Hall–Kier alpha value is -0.830. The van der Waals surface area contributed by atoms with Gasteiger partial charge in [0.1, 0.15) is 0 Å². The Morgan fingerprint density at radius 3 is 2.44 bits per heavy atom. The van der Waals surface area contributed by atoms with Gasteiger partial charge in [-0.3, -0.25) is 0 Å². The van der Waals surface area contributed by atoms with Crippen molar-refractivity contribution in [2.24, 2.45) is 5.92 Å². The van der Waals surface area contributed by atoms with E-state index >= 15 is 0 Å². The van der Waals surface area contributed by atoms with Gasteiger partial charge in [0.05, 0.1) is 0 Å². The maximum atomic E-state index is 10.5. The largest absolute Gasteiger partial charge is 0.478 e. The van der Waals surface area contributed by atoms with E-state index in [0.717, 1.165) is 12.3 Å². The molecule has 16 heavy (non-hydrogen) atoms. The van der Waals surface area contributed by atoms with Crippen LogP contribution in [0.15, 0.2) is 11.6 Å². The molecular weight excluding hydrogens is 202 g/mol. The third-order valence-electron chi connectivity index (χ3n) is 2.63. The van der Waals surface area contributed by atoms with Gasteiger partial charge in [0.25, 0.3) is 0 Å². The average Bonchev–Trinajstić information content (AvgIpc) is 2.16. The zero-order valence-corrected chi connectivity index (χ0v) is 10.9. The zero-order valence-electron chi connectivity index (χ0n) is 10.9. The fourth-order valence-electron chi connectivity index (χ4n) is 1.43. The molecule has 0 rings (SSSR count). The van der Waals surface area contributed by atoms with Crippen LogP contribution in [-0.2, 0) is 4.79 Å². The lowest BCUT2D eigenvalue weighted by Gasteiger charge is -2.13. The highest BCUT2D eigenvalue weighted by Gasteiger charge is 2.02. The zero-order chi connectivity index (χ0) is 12.6. The molecule has 0 heterocycles. The third kappa shape index (κ3) is 8.48. The SMILES string of the molecule is C/C(=C/CNC(C)CCCC(C)C)C(=O)O. The second-order valence-electron chi connectivity index (χ2n) is 4.83. The predicted octanol–water partition coefficient (Wildman–Crippen LogP) is 2.82. The fraction of sp³-hybridized carbons (Fsp3) is 0.769. The molecule has 0 bridgehead atoms. The number of carbonyl (C=O) groups is 1. The molecule has 0 aromatic carbocycles. The van der Waals surface area contributed by atoms with E-state index < -0.39 is 5.97 Å². The average molecular weight is 227 g/mol. The summed E-state index contributed by atoms with van der Waals surface area (Å²) in [5, 5.41) is 12.0. The monoisotopic (exact) mass is 227 g/mol. The van der Waals surface area contributed by atoms with Gasteiger partial charge in [-0.15, -0.1) is 0 Å². The molecule has 0 aliphatic heterocycles. The van der Waals surface area contributed by atoms with Crippen molar-refractivity contribution >= 4 is 5.97 Å². The Balaban J connectivity index is 3.61. The molecule has 1 atom stereocenters. The van der Waals surface area contributed by atoms with Crippen molar-refractivity contribution in [3.8, 4) is 0 Å². The van der Waals surface area contributed by atoms with Crippen molar-refractivity contribution in [2.45, 2.75) is 53.0 Å². The van der Waals surface area contributed by atoms with Crippen LogP contribution in [0.4, 0.5) is 0 Å². The van der Waals surface area contributed by atoms with Crippen LogP contribution in [0.5, 0.6) is 0 Å². The van der Waals surface area contributed by atoms with Crippen LogP contribution in [0, 0.1) is 5.92 Å². The van der Waals surface area contributed by atoms with Gasteiger partial charge in [-0.2, -0.15) is 0 Å². The minimum atomic E-state index is -0.839. The van der Waals surface area contributed by atoms with Gasteiger partial charge in [0.15, 0.2) is 0 Å². The summed E-state index contributed by atoms with van der Waals surface area (Å²) in [6, 6.07) is 0.455. The van der Waals surface area contributed by atoms with E-state index in [0.29, 0.717) is 18.2 Å². The highest BCUT2D eigenvalue weighted by atomic mass is 16.4. The van der Waals surface area contributed by atoms with Crippen molar-refractivity contribution in [1.82, 2.24) is 5.32 Å². The molecule has 0 aliphatic carbocycles. The Morgan fingerprint density at radius 1 is 1.31 bits per heavy atom. The van der Waals surface area contributed by atoms with Crippen LogP contribution in [0.3, 0.4) is 0 Å². The highest BCUT2D eigenvalue weighted by molar-refractivity contribution is 5.85. The number of carboxylic acid groups (broad SMARTS) is 1. The van der Waals surface area contributed by atoms with Gasteiger partial charge in [0, 0.05) is 18.2 Å². The minimum absolute atomic E-state index is 0.405. The Labute approximate surface area is 98.9 Å². The van der Waals surface area contributed by atoms with E-state index in [1.165, 1.54) is 12.8 Å². The second kappa shape index (κ2) is 8.34. The summed E-state index contributed by atoms with van der Waals surface area (Å²) in [6.45, 7) is 8.87. The summed E-state index contributed by atoms with van der Waals surface area (Å²) in [5.41, 5.74) is 0.405. The first-order valence-electron chi connectivity index (χ1n) is 6.07. The molecule has 1 unspecified atom stereocenters. The Kier molecular flexibility index (Phi) is 7.90. The molecule has 3 heteroatoms. The number of hydrogen-bond acceptors (Lipinski definition) is 2. The van der Waals surface area contributed by atoms with Crippen LogP contribution in [0.2, 0.25) is 0 Å². The molecule has 0 aromatic rings. The van der Waals surface area contributed by atoms with Gasteiger partial charge in [-0.1, -0.05) is 32.8 Å². The molecule has 0 aromatic heterocycles. The minimum Gasteiger partial charge on any atom is -0.478 e. The molecule has 0 saturated heterocycles. The summed E-state index contributed by atoms with van der Waals surface area (Å²) in [7, 11) is 0. The van der Waals surface area contributed by atoms with Gasteiger partial charge in [-0.05, 0) is 26.2 Å². The van der Waals surface area contributed by atoms with Crippen LogP contribution in [0.25, 0.3) is 0 Å². The van der Waals surface area contributed by atoms with Gasteiger partial charge < -0.3 is 10.4 Å². The fourth-order valence-corrected chi connectivity index (χ4v) is 1.43. The van der Waals surface area contributed by atoms with Crippen molar-refractivity contribution < 1.29 is 9.90 Å². The van der Waals surface area contributed by atoms with Crippen LogP contribution in [-0.4, -0.2) is 23.7 Å². The van der Waals surface area contributed by atoms with Gasteiger partial charge in [-0.25, -0.2) is 4.79 Å². The van der Waals surface area contributed by atoms with E-state index in [-0.39, 0.29) is 0 Å². The van der Waals surface area contributed by atoms with E-state index in [9.17, 15) is 4.79 Å². The molecule has 94 valence electrons. The normalized spacial score (nSPS) is 14.2. The number of hydrogen-bond donors (Lipinski definition) is 2. The maximum Gasteiger partial charge on any atom is 0.330 e. The molecule has 0 radical (unpaired) electrons. The summed E-state index contributed by atoms with van der Waals surface area (Å²) in [5.74, 6) is -0.0735. The van der Waals surface area contributed by atoms with Crippen molar-refractivity contribution in [3.63, 3.8) is 0 Å². The van der Waals surface area contributed by atoms with Crippen molar-refractivity contribution in [3.05, 3.63) is 11.6 Å². The maximum absolute atomic E-state index is 10.5. The second-order valence-corrected chi connectivity index (χ2v) is 4.83. The smallest absolute Gasteiger partial charge is 0.330 e. The van der Waals surface area contributed by atoms with Crippen LogP contribution >= 0.6 is 0 Å². The van der Waals surface area contributed by atoms with Crippen molar-refractivity contribution in [1.29, 1.82) is 0 Å². The quantitative estimate of drug-likeness (QED) is 0.627. The first kappa shape index (κ1) is 15.2. The number of carboxylic acids is 1. The summed E-state index contributed by atoms with van der Waals surface area (Å²) < 4.78 is 0. The summed E-state index contributed by atoms with van der Waals surface area (Å²) in [6.07, 6.45) is 5.36. The number of nitrogens with one attached hydrogen (secondary N) is 1. The van der Waals surface area contributed by atoms with E-state index in [1.54, 1.807) is 13.0 Å². The lowest BCUT2D eigenvalue weighted by atomic mass is 10.0. The van der Waals surface area contributed by atoms with Crippen LogP contribution < -0.4 is 5.32 Å². The lowest BCUT2D eigenvalue weighted by molar-refractivity contribution is -0.132. The van der Waals surface area contributed by atoms with E-state index in [4.69, 9.17) is 5.11 Å². The Morgan fingerprint density at radius 2 is 1.94 bits per heavy atom. The molecule has 2 N–H and O–H groups in total. The predicted molar refractivity (Wildman–Crippen MR) is 67.5 cm³/mol. The van der Waals surface area contributed by atoms with E-state index in [2.05, 4.69) is 26.1 Å². The standard InChI is InChI=1S/C13H25NO2/c1-10(2)6-5-7-12(4)14-9-8-11(3)13(15)16/h8,10,12,14H,5-7,9H2,1-4H3,(H,15,16)/b11-8-. The molecule has 3 nitrogen and oxygen atoms in total. The summed E-state index contributed by atoms with van der Waals surface area (Å²) >= 11 is 0. The molecule has 0 aliphatic rings. The first-order chi connectivity index (χ1) is 7.43. The van der Waals surface area contributed by atoms with Gasteiger partial charge >= 0.3 is 5.97 Å². The topological polar surface area (TPSA) is 49.3 Å².